The zero-order valence-electron chi connectivity index (χ0n) is 15.3. The van der Waals surface area contributed by atoms with E-state index in [-0.39, 0.29) is 11.6 Å². The van der Waals surface area contributed by atoms with Gasteiger partial charge in [-0.1, -0.05) is 0 Å². The van der Waals surface area contributed by atoms with E-state index in [4.69, 9.17) is 4.74 Å². The molecule has 1 heterocycles. The smallest absolute Gasteiger partial charge is 0.466 e. The lowest BCUT2D eigenvalue weighted by Crippen LogP contribution is -2.39. The van der Waals surface area contributed by atoms with Crippen molar-refractivity contribution in [1.29, 1.82) is 0 Å². The lowest BCUT2D eigenvalue weighted by molar-refractivity contribution is -0.384. The van der Waals surface area contributed by atoms with E-state index in [0.717, 1.165) is 19.1 Å². The van der Waals surface area contributed by atoms with Crippen LogP contribution in [0, 0.1) is 10.1 Å². The Morgan fingerprint density at radius 2 is 1.80 bits per heavy atom. The second-order valence-corrected chi connectivity index (χ2v) is 7.51. The Balaban J connectivity index is 2.74. The Bertz CT molecular complexity index is 1030. The van der Waals surface area contributed by atoms with Crippen LogP contribution in [0.5, 0.6) is 0 Å². The molecule has 0 bridgehead atoms. The molecule has 0 atom stereocenters. The first kappa shape index (κ1) is 23.1. The van der Waals surface area contributed by atoms with Gasteiger partial charge in [-0.25, -0.2) is 18.0 Å². The summed E-state index contributed by atoms with van der Waals surface area (Å²) in [7, 11) is -3.91. The van der Waals surface area contributed by atoms with E-state index < -0.39 is 67.5 Å². The first-order valence-electron chi connectivity index (χ1n) is 7.71. The number of sulfone groups is 1. The number of benzene rings is 1. The number of nitro groups is 1. The molecule has 15 heteroatoms. The number of carbonyl (C=O) groups is 2. The van der Waals surface area contributed by atoms with Crippen molar-refractivity contribution in [2.45, 2.75) is 10.4 Å². The average Bonchev–Trinajstić information content (AvgIpc) is 2.70. The number of esters is 2. The van der Waals surface area contributed by atoms with Crippen molar-refractivity contribution in [3.63, 3.8) is 0 Å². The largest absolute Gasteiger partial charge is 0.501 e. The van der Waals surface area contributed by atoms with Crippen LogP contribution >= 0.6 is 0 Å². The summed E-state index contributed by atoms with van der Waals surface area (Å²) in [6.45, 7) is -0.945. The maximum atomic E-state index is 12.8. The first-order chi connectivity index (χ1) is 13.9. The van der Waals surface area contributed by atoms with Crippen molar-refractivity contribution in [3.05, 3.63) is 39.6 Å². The molecule has 0 spiro atoms. The highest BCUT2D eigenvalue weighted by Gasteiger charge is 2.48. The Hall–Kier alpha value is -3.20. The predicted octanol–water partition coefficient (Wildman–Crippen LogP) is 1.28. The number of hydrogen-bond acceptors (Lipinski definition) is 10. The minimum atomic E-state index is -5.87. The second-order valence-electron chi connectivity index (χ2n) is 5.57. The maximum Gasteiger partial charge on any atom is 0.501 e. The van der Waals surface area contributed by atoms with Gasteiger partial charge in [0.05, 0.1) is 36.2 Å². The number of halogens is 3. The van der Waals surface area contributed by atoms with Gasteiger partial charge in [0, 0.05) is 6.07 Å². The van der Waals surface area contributed by atoms with E-state index in [9.17, 15) is 41.3 Å². The highest BCUT2D eigenvalue weighted by atomic mass is 32.2. The van der Waals surface area contributed by atoms with Crippen molar-refractivity contribution < 1.29 is 50.3 Å². The van der Waals surface area contributed by atoms with E-state index >= 15 is 0 Å². The van der Waals surface area contributed by atoms with Crippen LogP contribution in [0.25, 0.3) is 0 Å². The summed E-state index contributed by atoms with van der Waals surface area (Å²) in [6, 6.07) is 1.36. The third kappa shape index (κ3) is 4.06. The van der Waals surface area contributed by atoms with E-state index in [1.807, 2.05) is 0 Å². The molecule has 164 valence electrons. The fourth-order valence-electron chi connectivity index (χ4n) is 2.51. The molecule has 0 radical (unpaired) electrons. The fourth-order valence-corrected chi connectivity index (χ4v) is 3.29. The summed E-state index contributed by atoms with van der Waals surface area (Å²) in [5, 5.41) is 11.4. The quantitative estimate of drug-likeness (QED) is 0.363. The van der Waals surface area contributed by atoms with Crippen LogP contribution in [-0.2, 0) is 33.6 Å². The van der Waals surface area contributed by atoms with Gasteiger partial charge in [0.1, 0.15) is 18.1 Å². The van der Waals surface area contributed by atoms with Gasteiger partial charge in [-0.15, -0.1) is 0 Å². The molecule has 1 aromatic rings. The van der Waals surface area contributed by atoms with E-state index in [1.165, 1.54) is 0 Å². The van der Waals surface area contributed by atoms with Crippen molar-refractivity contribution in [2.24, 2.45) is 0 Å². The molecule has 0 saturated heterocycles. The fraction of sp³-hybridized carbons (Fsp3) is 0.333. The summed E-state index contributed by atoms with van der Waals surface area (Å²) < 4.78 is 75.8. The number of alkyl halides is 3. The van der Waals surface area contributed by atoms with Crippen LogP contribution in [0.15, 0.2) is 34.4 Å². The molecule has 0 saturated carbocycles. The SMILES string of the molecule is COC(=O)C1=C(C(=O)OC)N(c2ccc(S(=O)(=O)C(F)(F)F)cc2[N+](=O)[O-])COC1. The van der Waals surface area contributed by atoms with Crippen molar-refractivity contribution in [2.75, 3.05) is 32.5 Å². The highest BCUT2D eigenvalue weighted by Crippen LogP contribution is 2.38. The minimum absolute atomic E-state index is 0.194. The number of methoxy groups -OCH3 is 2. The normalized spacial score (nSPS) is 15.0. The second kappa shape index (κ2) is 8.27. The number of anilines is 1. The topological polar surface area (TPSA) is 142 Å². The molecule has 0 aromatic heterocycles. The van der Waals surface area contributed by atoms with Crippen molar-refractivity contribution >= 4 is 33.2 Å². The summed E-state index contributed by atoms with van der Waals surface area (Å²) in [5.41, 5.74) is -8.16. The molecule has 1 aliphatic rings. The van der Waals surface area contributed by atoms with E-state index in [0.29, 0.717) is 12.1 Å². The number of nitrogens with zero attached hydrogens (tertiary/aromatic N) is 2. The molecule has 11 nitrogen and oxygen atoms in total. The average molecular weight is 454 g/mol. The molecule has 30 heavy (non-hydrogen) atoms. The molecular formula is C15H13F3N2O9S. The monoisotopic (exact) mass is 454 g/mol. The maximum absolute atomic E-state index is 12.8. The molecule has 2 rings (SSSR count). The lowest BCUT2D eigenvalue weighted by atomic mass is 10.1. The molecule has 0 amide bonds. The van der Waals surface area contributed by atoms with Gasteiger partial charge in [-0.2, -0.15) is 13.2 Å². The Morgan fingerprint density at radius 3 is 2.30 bits per heavy atom. The number of nitro benzene ring substituents is 1. The van der Waals surface area contributed by atoms with Crippen LogP contribution < -0.4 is 4.90 Å². The van der Waals surface area contributed by atoms with Gasteiger partial charge in [0.2, 0.25) is 0 Å². The van der Waals surface area contributed by atoms with Crippen LogP contribution in [0.2, 0.25) is 0 Å². The van der Waals surface area contributed by atoms with E-state index in [2.05, 4.69) is 9.47 Å². The highest BCUT2D eigenvalue weighted by molar-refractivity contribution is 7.92. The molecule has 0 aliphatic carbocycles. The molecule has 1 aromatic carbocycles. The summed E-state index contributed by atoms with van der Waals surface area (Å²) in [5.74, 6) is -2.13. The zero-order valence-corrected chi connectivity index (χ0v) is 16.1. The third-order valence-electron chi connectivity index (χ3n) is 3.88. The summed E-state index contributed by atoms with van der Waals surface area (Å²) in [4.78, 5) is 33.9. The summed E-state index contributed by atoms with van der Waals surface area (Å²) in [6.07, 6.45) is 0. The lowest BCUT2D eigenvalue weighted by Gasteiger charge is -2.31. The van der Waals surface area contributed by atoms with Crippen molar-refractivity contribution in [1.82, 2.24) is 0 Å². The van der Waals surface area contributed by atoms with Gasteiger partial charge in [0.25, 0.3) is 15.5 Å². The minimum Gasteiger partial charge on any atom is -0.466 e. The first-order valence-corrected chi connectivity index (χ1v) is 9.20. The van der Waals surface area contributed by atoms with Crippen LogP contribution in [0.1, 0.15) is 0 Å². The molecular weight excluding hydrogens is 441 g/mol. The Kier molecular flexibility index (Phi) is 6.36. The molecule has 0 fully saturated rings. The Labute approximate surface area is 166 Å². The van der Waals surface area contributed by atoms with Gasteiger partial charge in [-0.3, -0.25) is 10.1 Å². The zero-order chi connectivity index (χ0) is 22.9. The molecule has 0 N–H and O–H groups in total. The van der Waals surface area contributed by atoms with Gasteiger partial charge in [0.15, 0.2) is 0 Å². The van der Waals surface area contributed by atoms with Gasteiger partial charge < -0.3 is 19.1 Å². The van der Waals surface area contributed by atoms with Gasteiger partial charge in [-0.05, 0) is 12.1 Å². The van der Waals surface area contributed by atoms with E-state index in [1.54, 1.807) is 0 Å². The van der Waals surface area contributed by atoms with Crippen LogP contribution in [0.3, 0.4) is 0 Å². The molecule has 0 unspecified atom stereocenters. The third-order valence-corrected chi connectivity index (χ3v) is 5.37. The number of hydrogen-bond donors (Lipinski definition) is 0. The Morgan fingerprint density at radius 1 is 1.20 bits per heavy atom. The van der Waals surface area contributed by atoms with Crippen molar-refractivity contribution in [3.8, 4) is 0 Å². The predicted molar refractivity (Wildman–Crippen MR) is 90.7 cm³/mol. The number of ether oxygens (including phenoxy) is 3. The van der Waals surface area contributed by atoms with Gasteiger partial charge >= 0.3 is 17.4 Å². The number of rotatable bonds is 5. The standard InChI is InChI=1S/C15H13F3N2O9S/c1-27-13(21)9-6-29-7-19(12(9)14(22)28-2)10-4-3-8(5-11(10)20(23)24)30(25,26)15(16,17)18/h3-5H,6-7H2,1-2H3. The number of carbonyl (C=O) groups excluding carboxylic acids is 2. The van der Waals surface area contributed by atoms with Crippen LogP contribution in [-0.4, -0.2) is 58.3 Å². The summed E-state index contributed by atoms with van der Waals surface area (Å²) >= 11 is 0. The van der Waals surface area contributed by atoms with Crippen LogP contribution in [0.4, 0.5) is 24.5 Å². The molecule has 1 aliphatic heterocycles.